The predicted molar refractivity (Wildman–Crippen MR) is 118 cm³/mol. The number of ether oxygens (including phenoxy) is 1. The van der Waals surface area contributed by atoms with Crippen molar-refractivity contribution in [2.45, 2.75) is 33.6 Å². The van der Waals surface area contributed by atoms with Crippen molar-refractivity contribution >= 4 is 33.3 Å². The number of nitrogens with zero attached hydrogens (tertiary/aromatic N) is 1. The fraction of sp³-hybridized carbons (Fsp3) is 0.364. The minimum Gasteiger partial charge on any atom is -0.462 e. The first kappa shape index (κ1) is 23.4. The topological polar surface area (TPSA) is 92.8 Å². The van der Waals surface area contributed by atoms with E-state index in [1.54, 1.807) is 44.2 Å². The lowest BCUT2D eigenvalue weighted by Gasteiger charge is -2.26. The Bertz CT molecular complexity index is 1030. The highest BCUT2D eigenvalue weighted by atomic mass is 32.2. The van der Waals surface area contributed by atoms with Gasteiger partial charge in [0.25, 0.3) is 0 Å². The Morgan fingerprint density at radius 3 is 2.37 bits per heavy atom. The predicted octanol–water partition coefficient (Wildman–Crippen LogP) is 3.70. The van der Waals surface area contributed by atoms with Gasteiger partial charge in [0.2, 0.25) is 15.9 Å². The molecule has 1 N–H and O–H groups in total. The SMILES string of the molecule is CCOC(=O)c1cccc(NC(=O)CN(c2ccccc2C(C)C)S(C)(=O)=O)c1C. The molecule has 2 aromatic carbocycles. The summed E-state index contributed by atoms with van der Waals surface area (Å²) < 4.78 is 31.1. The molecule has 0 bridgehead atoms. The minimum atomic E-state index is -3.70. The van der Waals surface area contributed by atoms with Crippen LogP contribution in [0.3, 0.4) is 0 Å². The number of carbonyl (C=O) groups is 2. The summed E-state index contributed by atoms with van der Waals surface area (Å²) in [6.07, 6.45) is 1.07. The zero-order chi connectivity index (χ0) is 22.5. The van der Waals surface area contributed by atoms with Crippen LogP contribution in [0.1, 0.15) is 48.2 Å². The second-order valence-electron chi connectivity index (χ2n) is 7.23. The molecule has 0 saturated carbocycles. The number of esters is 1. The Labute approximate surface area is 178 Å². The molecule has 30 heavy (non-hydrogen) atoms. The highest BCUT2D eigenvalue weighted by Gasteiger charge is 2.24. The van der Waals surface area contributed by atoms with E-state index < -0.39 is 21.9 Å². The lowest BCUT2D eigenvalue weighted by molar-refractivity contribution is -0.114. The molecule has 0 atom stereocenters. The van der Waals surface area contributed by atoms with E-state index in [9.17, 15) is 18.0 Å². The summed E-state index contributed by atoms with van der Waals surface area (Å²) in [6, 6.07) is 12.0. The van der Waals surface area contributed by atoms with Crippen LogP contribution in [0.4, 0.5) is 11.4 Å². The second kappa shape index (κ2) is 9.75. The van der Waals surface area contributed by atoms with Crippen molar-refractivity contribution in [1.82, 2.24) is 0 Å². The first-order valence-corrected chi connectivity index (χ1v) is 11.5. The maximum atomic E-state index is 12.7. The summed E-state index contributed by atoms with van der Waals surface area (Å²) >= 11 is 0. The van der Waals surface area contributed by atoms with Crippen LogP contribution in [0.5, 0.6) is 0 Å². The normalized spacial score (nSPS) is 11.3. The second-order valence-corrected chi connectivity index (χ2v) is 9.14. The van der Waals surface area contributed by atoms with Gasteiger partial charge in [0.05, 0.1) is 24.1 Å². The molecule has 0 aliphatic rings. The third-order valence-corrected chi connectivity index (χ3v) is 5.74. The molecule has 0 radical (unpaired) electrons. The van der Waals surface area contributed by atoms with Crippen molar-refractivity contribution in [1.29, 1.82) is 0 Å². The number of sulfonamides is 1. The fourth-order valence-corrected chi connectivity index (χ4v) is 3.98. The number of amides is 1. The van der Waals surface area contributed by atoms with Gasteiger partial charge in [-0.05, 0) is 49.1 Å². The lowest BCUT2D eigenvalue weighted by atomic mass is 10.0. The van der Waals surface area contributed by atoms with Crippen molar-refractivity contribution in [2.75, 3.05) is 29.0 Å². The molecule has 0 aliphatic heterocycles. The van der Waals surface area contributed by atoms with Crippen molar-refractivity contribution in [3.8, 4) is 0 Å². The van der Waals surface area contributed by atoms with E-state index in [0.29, 0.717) is 22.5 Å². The Morgan fingerprint density at radius 1 is 1.10 bits per heavy atom. The standard InChI is InChI=1S/C22H28N2O5S/c1-6-29-22(26)18-11-9-12-19(16(18)4)23-21(25)14-24(30(5,27)28)20-13-8-7-10-17(20)15(2)3/h7-13,15H,6,14H2,1-5H3,(H,23,25). The Balaban J connectivity index is 2.31. The molecule has 2 rings (SSSR count). The summed E-state index contributed by atoms with van der Waals surface area (Å²) in [4.78, 5) is 24.8. The number of anilines is 2. The summed E-state index contributed by atoms with van der Waals surface area (Å²) in [5.74, 6) is -0.908. The lowest BCUT2D eigenvalue weighted by Crippen LogP contribution is -2.38. The summed E-state index contributed by atoms with van der Waals surface area (Å²) in [6.45, 7) is 7.20. The van der Waals surface area contributed by atoms with Gasteiger partial charge in [-0.1, -0.05) is 38.1 Å². The zero-order valence-corrected chi connectivity index (χ0v) is 18.7. The van der Waals surface area contributed by atoms with E-state index >= 15 is 0 Å². The molecule has 0 aromatic heterocycles. The van der Waals surface area contributed by atoms with Crippen molar-refractivity contribution < 1.29 is 22.7 Å². The van der Waals surface area contributed by atoms with Gasteiger partial charge in [0, 0.05) is 5.69 Å². The van der Waals surface area contributed by atoms with E-state index in [-0.39, 0.29) is 19.1 Å². The smallest absolute Gasteiger partial charge is 0.338 e. The van der Waals surface area contributed by atoms with Crippen LogP contribution < -0.4 is 9.62 Å². The molecule has 0 spiro atoms. The highest BCUT2D eigenvalue weighted by molar-refractivity contribution is 7.92. The summed E-state index contributed by atoms with van der Waals surface area (Å²) in [7, 11) is -3.70. The molecule has 0 aliphatic carbocycles. The van der Waals surface area contributed by atoms with Gasteiger partial charge in [-0.2, -0.15) is 0 Å². The van der Waals surface area contributed by atoms with E-state index in [4.69, 9.17) is 4.74 Å². The van der Waals surface area contributed by atoms with E-state index in [2.05, 4.69) is 5.32 Å². The number of para-hydroxylation sites is 1. The Morgan fingerprint density at radius 2 is 1.77 bits per heavy atom. The van der Waals surface area contributed by atoms with Gasteiger partial charge in [0.15, 0.2) is 0 Å². The number of carbonyl (C=O) groups excluding carboxylic acids is 2. The highest BCUT2D eigenvalue weighted by Crippen LogP contribution is 2.29. The summed E-state index contributed by atoms with van der Waals surface area (Å²) in [5.41, 5.74) is 2.63. The van der Waals surface area contributed by atoms with Gasteiger partial charge in [-0.15, -0.1) is 0 Å². The first-order valence-electron chi connectivity index (χ1n) is 9.69. The van der Waals surface area contributed by atoms with Crippen LogP contribution in [0.2, 0.25) is 0 Å². The van der Waals surface area contributed by atoms with Gasteiger partial charge >= 0.3 is 5.97 Å². The van der Waals surface area contributed by atoms with Crippen molar-refractivity contribution in [3.05, 3.63) is 59.2 Å². The molecule has 0 unspecified atom stereocenters. The van der Waals surface area contributed by atoms with Crippen LogP contribution >= 0.6 is 0 Å². The van der Waals surface area contributed by atoms with Crippen LogP contribution in [-0.4, -0.2) is 39.7 Å². The third-order valence-electron chi connectivity index (χ3n) is 4.62. The molecule has 7 nitrogen and oxygen atoms in total. The molecular formula is C22H28N2O5S. The number of benzene rings is 2. The van der Waals surface area contributed by atoms with Crippen LogP contribution in [0, 0.1) is 6.92 Å². The molecule has 0 fully saturated rings. The third kappa shape index (κ3) is 5.60. The minimum absolute atomic E-state index is 0.0806. The maximum Gasteiger partial charge on any atom is 0.338 e. The van der Waals surface area contributed by atoms with Gasteiger partial charge < -0.3 is 10.1 Å². The fourth-order valence-electron chi connectivity index (χ4n) is 3.11. The van der Waals surface area contributed by atoms with Gasteiger partial charge in [0.1, 0.15) is 6.54 Å². The van der Waals surface area contributed by atoms with Crippen molar-refractivity contribution in [2.24, 2.45) is 0 Å². The number of hydrogen-bond donors (Lipinski definition) is 1. The van der Waals surface area contributed by atoms with Crippen LogP contribution in [0.15, 0.2) is 42.5 Å². The molecule has 2 aromatic rings. The van der Waals surface area contributed by atoms with E-state index in [1.807, 2.05) is 26.0 Å². The van der Waals surface area contributed by atoms with Crippen LogP contribution in [0.25, 0.3) is 0 Å². The average Bonchev–Trinajstić information content (AvgIpc) is 2.67. The van der Waals surface area contributed by atoms with Crippen LogP contribution in [-0.2, 0) is 19.6 Å². The van der Waals surface area contributed by atoms with E-state index in [1.165, 1.54) is 0 Å². The number of nitrogens with one attached hydrogen (secondary N) is 1. The van der Waals surface area contributed by atoms with Gasteiger partial charge in [-0.25, -0.2) is 13.2 Å². The van der Waals surface area contributed by atoms with Gasteiger partial charge in [-0.3, -0.25) is 9.10 Å². The Kier molecular flexibility index (Phi) is 7.61. The molecular weight excluding hydrogens is 404 g/mol. The molecule has 1 amide bonds. The number of hydrogen-bond acceptors (Lipinski definition) is 5. The number of rotatable bonds is 8. The first-order chi connectivity index (χ1) is 14.1. The largest absolute Gasteiger partial charge is 0.462 e. The Hall–Kier alpha value is -2.87. The monoisotopic (exact) mass is 432 g/mol. The average molecular weight is 433 g/mol. The molecule has 0 heterocycles. The zero-order valence-electron chi connectivity index (χ0n) is 17.9. The molecule has 8 heteroatoms. The molecule has 0 saturated heterocycles. The van der Waals surface area contributed by atoms with E-state index in [0.717, 1.165) is 16.1 Å². The summed E-state index contributed by atoms with van der Waals surface area (Å²) in [5, 5.41) is 2.72. The maximum absolute atomic E-state index is 12.7. The molecule has 162 valence electrons. The quantitative estimate of drug-likeness (QED) is 0.642. The van der Waals surface area contributed by atoms with Crippen molar-refractivity contribution in [3.63, 3.8) is 0 Å².